The van der Waals surface area contributed by atoms with Gasteiger partial charge < -0.3 is 18.9 Å². The number of benzene rings is 1. The van der Waals surface area contributed by atoms with Crippen molar-refractivity contribution in [2.24, 2.45) is 0 Å². The predicted octanol–water partition coefficient (Wildman–Crippen LogP) is 3.74. The van der Waals surface area contributed by atoms with Gasteiger partial charge in [0.05, 0.1) is 12.7 Å². The number of methoxy groups -OCH3 is 1. The van der Waals surface area contributed by atoms with Gasteiger partial charge in [0.2, 0.25) is 5.89 Å². The molecule has 0 atom stereocenters. The van der Waals surface area contributed by atoms with Crippen molar-refractivity contribution in [3.8, 4) is 11.5 Å². The molecule has 2 aromatic heterocycles. The lowest BCUT2D eigenvalue weighted by Crippen LogP contribution is -2.09. The minimum absolute atomic E-state index is 0.0356. The van der Waals surface area contributed by atoms with Crippen molar-refractivity contribution in [2.45, 2.75) is 27.4 Å². The SMILES string of the molecule is COC(=O)c1c(C)[nH]c(C(=O)OCc2nc(-c3ccccc3)oc2C)c1C. The van der Waals surface area contributed by atoms with Crippen LogP contribution in [0.15, 0.2) is 34.7 Å². The quantitative estimate of drug-likeness (QED) is 0.690. The third kappa shape index (κ3) is 3.62. The second kappa shape index (κ2) is 7.49. The van der Waals surface area contributed by atoms with Crippen molar-refractivity contribution >= 4 is 11.9 Å². The minimum Gasteiger partial charge on any atom is -0.465 e. The van der Waals surface area contributed by atoms with Crippen molar-refractivity contribution in [2.75, 3.05) is 7.11 Å². The van der Waals surface area contributed by atoms with Gasteiger partial charge >= 0.3 is 11.9 Å². The number of aromatic amines is 1. The van der Waals surface area contributed by atoms with E-state index in [2.05, 4.69) is 9.97 Å². The van der Waals surface area contributed by atoms with Gasteiger partial charge in [0.15, 0.2) is 0 Å². The zero-order valence-corrected chi connectivity index (χ0v) is 15.6. The van der Waals surface area contributed by atoms with Gasteiger partial charge in [-0.15, -0.1) is 0 Å². The molecule has 2 heterocycles. The van der Waals surface area contributed by atoms with Gasteiger partial charge in [-0.1, -0.05) is 18.2 Å². The summed E-state index contributed by atoms with van der Waals surface area (Å²) in [6.45, 7) is 5.10. The molecule has 140 valence electrons. The molecule has 0 unspecified atom stereocenters. The van der Waals surface area contributed by atoms with Gasteiger partial charge in [0.1, 0.15) is 23.8 Å². The molecule has 0 fully saturated rings. The van der Waals surface area contributed by atoms with E-state index >= 15 is 0 Å². The average molecular weight is 368 g/mol. The molecule has 0 aliphatic heterocycles. The summed E-state index contributed by atoms with van der Waals surface area (Å²) in [5.41, 5.74) is 2.99. The average Bonchev–Trinajstić information content (AvgIpc) is 3.19. The van der Waals surface area contributed by atoms with Crippen molar-refractivity contribution in [1.82, 2.24) is 9.97 Å². The Labute approximate surface area is 156 Å². The number of aryl methyl sites for hydroxylation is 2. The lowest BCUT2D eigenvalue weighted by molar-refractivity contribution is 0.0459. The normalized spacial score (nSPS) is 10.7. The van der Waals surface area contributed by atoms with Gasteiger partial charge in [0.25, 0.3) is 0 Å². The molecule has 3 aromatic rings. The molecule has 27 heavy (non-hydrogen) atoms. The Morgan fingerprint density at radius 1 is 1.11 bits per heavy atom. The topological polar surface area (TPSA) is 94.4 Å². The molecule has 7 heteroatoms. The summed E-state index contributed by atoms with van der Waals surface area (Å²) in [5, 5.41) is 0. The molecule has 0 radical (unpaired) electrons. The molecular weight excluding hydrogens is 348 g/mol. The molecule has 0 bridgehead atoms. The van der Waals surface area contributed by atoms with E-state index in [1.165, 1.54) is 7.11 Å². The van der Waals surface area contributed by atoms with Gasteiger partial charge in [0, 0.05) is 11.3 Å². The smallest absolute Gasteiger partial charge is 0.355 e. The largest absolute Gasteiger partial charge is 0.465 e. The fourth-order valence-corrected chi connectivity index (χ4v) is 2.83. The standard InChI is InChI=1S/C20H20N2O5/c1-11-16(19(23)25-4)12(2)21-17(11)20(24)26-10-15-13(3)27-18(22-15)14-8-6-5-7-9-14/h5-9,21H,10H2,1-4H3. The van der Waals surface area contributed by atoms with Crippen LogP contribution in [0.4, 0.5) is 0 Å². The summed E-state index contributed by atoms with van der Waals surface area (Å²) in [5.74, 6) is -0.0233. The molecule has 0 spiro atoms. The number of hydrogen-bond acceptors (Lipinski definition) is 6. The van der Waals surface area contributed by atoms with E-state index in [1.807, 2.05) is 30.3 Å². The van der Waals surface area contributed by atoms with Crippen molar-refractivity contribution < 1.29 is 23.5 Å². The fraction of sp³-hybridized carbons (Fsp3) is 0.250. The van der Waals surface area contributed by atoms with Crippen molar-refractivity contribution in [1.29, 1.82) is 0 Å². The summed E-state index contributed by atoms with van der Waals surface area (Å²) in [6.07, 6.45) is 0. The van der Waals surface area contributed by atoms with Gasteiger partial charge in [-0.3, -0.25) is 0 Å². The number of aromatic nitrogens is 2. The third-order valence-corrected chi connectivity index (χ3v) is 4.28. The first kappa shape index (κ1) is 18.4. The number of oxazole rings is 1. The first-order valence-electron chi connectivity index (χ1n) is 8.38. The summed E-state index contributed by atoms with van der Waals surface area (Å²) in [6, 6.07) is 9.47. The van der Waals surface area contributed by atoms with Gasteiger partial charge in [-0.25, -0.2) is 14.6 Å². The van der Waals surface area contributed by atoms with E-state index in [-0.39, 0.29) is 12.3 Å². The van der Waals surface area contributed by atoms with Crippen LogP contribution >= 0.6 is 0 Å². The monoisotopic (exact) mass is 368 g/mol. The van der Waals surface area contributed by atoms with E-state index in [9.17, 15) is 9.59 Å². The molecule has 3 rings (SSSR count). The number of nitrogens with zero attached hydrogens (tertiary/aromatic N) is 1. The Morgan fingerprint density at radius 3 is 2.48 bits per heavy atom. The summed E-state index contributed by atoms with van der Waals surface area (Å²) in [7, 11) is 1.30. The zero-order valence-electron chi connectivity index (χ0n) is 15.6. The molecule has 0 aliphatic carbocycles. The number of carbonyl (C=O) groups excluding carboxylic acids is 2. The Hall–Kier alpha value is -3.35. The highest BCUT2D eigenvalue weighted by Gasteiger charge is 2.24. The molecule has 7 nitrogen and oxygen atoms in total. The van der Waals surface area contributed by atoms with Crippen LogP contribution in [-0.2, 0) is 16.1 Å². The Kier molecular flexibility index (Phi) is 5.12. The van der Waals surface area contributed by atoms with Crippen molar-refractivity contribution in [3.05, 3.63) is 64.3 Å². The second-order valence-electron chi connectivity index (χ2n) is 6.08. The summed E-state index contributed by atoms with van der Waals surface area (Å²) >= 11 is 0. The molecule has 0 saturated carbocycles. The van der Waals surface area contributed by atoms with Crippen LogP contribution in [0.1, 0.15) is 43.6 Å². The van der Waals surface area contributed by atoms with E-state index < -0.39 is 11.9 Å². The third-order valence-electron chi connectivity index (χ3n) is 4.28. The van der Waals surface area contributed by atoms with Crippen LogP contribution in [-0.4, -0.2) is 29.0 Å². The Balaban J connectivity index is 1.75. The summed E-state index contributed by atoms with van der Waals surface area (Å²) < 4.78 is 15.8. The number of carbonyl (C=O) groups is 2. The molecule has 1 aromatic carbocycles. The molecule has 0 saturated heterocycles. The van der Waals surface area contributed by atoms with E-state index in [4.69, 9.17) is 13.9 Å². The van der Waals surface area contributed by atoms with E-state index in [0.717, 1.165) is 5.56 Å². The fourth-order valence-electron chi connectivity index (χ4n) is 2.83. The zero-order chi connectivity index (χ0) is 19.6. The Morgan fingerprint density at radius 2 is 1.81 bits per heavy atom. The first-order valence-corrected chi connectivity index (χ1v) is 8.38. The molecule has 0 aliphatic rings. The number of H-pyrrole nitrogens is 1. The van der Waals surface area contributed by atoms with E-state index in [1.54, 1.807) is 20.8 Å². The maximum Gasteiger partial charge on any atom is 0.355 e. The van der Waals surface area contributed by atoms with E-state index in [0.29, 0.717) is 34.2 Å². The van der Waals surface area contributed by atoms with Gasteiger partial charge in [-0.2, -0.15) is 0 Å². The van der Waals surface area contributed by atoms with Crippen LogP contribution in [0.2, 0.25) is 0 Å². The van der Waals surface area contributed by atoms with Crippen LogP contribution in [0, 0.1) is 20.8 Å². The number of ether oxygens (including phenoxy) is 2. The van der Waals surface area contributed by atoms with Crippen LogP contribution in [0.25, 0.3) is 11.5 Å². The minimum atomic E-state index is -0.575. The second-order valence-corrected chi connectivity index (χ2v) is 6.08. The lowest BCUT2D eigenvalue weighted by atomic mass is 10.1. The molecule has 0 amide bonds. The highest BCUT2D eigenvalue weighted by Crippen LogP contribution is 2.23. The predicted molar refractivity (Wildman–Crippen MR) is 97.4 cm³/mol. The highest BCUT2D eigenvalue weighted by molar-refractivity contribution is 5.98. The first-order chi connectivity index (χ1) is 12.9. The molecular formula is C20H20N2O5. The number of rotatable bonds is 5. The maximum absolute atomic E-state index is 12.4. The number of hydrogen-bond donors (Lipinski definition) is 1. The summed E-state index contributed by atoms with van der Waals surface area (Å²) in [4.78, 5) is 31.6. The Bertz CT molecular complexity index is 985. The highest BCUT2D eigenvalue weighted by atomic mass is 16.5. The van der Waals surface area contributed by atoms with Crippen LogP contribution in [0.3, 0.4) is 0 Å². The number of esters is 2. The van der Waals surface area contributed by atoms with Crippen LogP contribution < -0.4 is 0 Å². The molecule has 1 N–H and O–H groups in total. The van der Waals surface area contributed by atoms with Crippen LogP contribution in [0.5, 0.6) is 0 Å². The van der Waals surface area contributed by atoms with Gasteiger partial charge in [-0.05, 0) is 38.5 Å². The number of nitrogens with one attached hydrogen (secondary N) is 1. The maximum atomic E-state index is 12.4. The lowest BCUT2D eigenvalue weighted by Gasteiger charge is -2.03. The van der Waals surface area contributed by atoms with Crippen molar-refractivity contribution in [3.63, 3.8) is 0 Å².